The molecule has 0 saturated heterocycles. The molecule has 0 unspecified atom stereocenters. The molecule has 3 heteroatoms. The molecule has 0 atom stereocenters. The molecule has 3 nitrogen and oxygen atoms in total. The molecule has 53 heavy (non-hydrogen) atoms. The quantitative estimate of drug-likeness (QED) is 0.176. The zero-order valence-electron chi connectivity index (χ0n) is 29.6. The van der Waals surface area contributed by atoms with Crippen LogP contribution in [-0.4, -0.2) is 13.7 Å². The van der Waals surface area contributed by atoms with Crippen LogP contribution in [0.4, 0.5) is 0 Å². The summed E-state index contributed by atoms with van der Waals surface area (Å²) in [6.07, 6.45) is 0. The van der Waals surface area contributed by atoms with Crippen molar-refractivity contribution in [2.24, 2.45) is 0 Å². The van der Waals surface area contributed by atoms with Crippen LogP contribution in [0, 0.1) is 13.8 Å². The van der Waals surface area contributed by atoms with Gasteiger partial charge in [-0.25, -0.2) is 0 Å². The van der Waals surface area contributed by atoms with Gasteiger partial charge in [-0.15, -0.1) is 0 Å². The molecule has 11 rings (SSSR count). The topological polar surface area (TPSA) is 14.8 Å². The van der Waals surface area contributed by atoms with Crippen molar-refractivity contribution in [2.45, 2.75) is 13.8 Å². The normalized spacial score (nSPS) is 12.0. The van der Waals surface area contributed by atoms with E-state index in [1.165, 1.54) is 93.4 Å². The van der Waals surface area contributed by atoms with Gasteiger partial charge in [0, 0.05) is 49.1 Å². The Bertz CT molecular complexity index is 3150. The maximum Gasteiger partial charge on any atom is 0.0542 e. The Hall–Kier alpha value is -6.84. The third-order valence-corrected chi connectivity index (χ3v) is 11.2. The maximum atomic E-state index is 2.46. The Kier molecular flexibility index (Phi) is 6.38. The molecule has 11 aromatic rings. The van der Waals surface area contributed by atoms with E-state index in [0.717, 1.165) is 11.4 Å². The fourth-order valence-electron chi connectivity index (χ4n) is 8.86. The van der Waals surface area contributed by atoms with Crippen LogP contribution < -0.4 is 0 Å². The fourth-order valence-corrected chi connectivity index (χ4v) is 8.86. The summed E-state index contributed by atoms with van der Waals surface area (Å²) in [5.74, 6) is 0. The van der Waals surface area contributed by atoms with Crippen LogP contribution in [0.5, 0.6) is 0 Å². The van der Waals surface area contributed by atoms with Crippen LogP contribution >= 0.6 is 0 Å². The largest absolute Gasteiger partial charge is 0.309 e. The SMILES string of the molecule is Cc1ccc2c(c1)c1cc(C)ccc1n2-c1ccccc1-c1ccccc1-n1c2ccccc2c2cc(-n3c4ccccc4c4ccccc43)ccc21. The summed E-state index contributed by atoms with van der Waals surface area (Å²) < 4.78 is 7.33. The smallest absolute Gasteiger partial charge is 0.0542 e. The van der Waals surface area contributed by atoms with Crippen molar-refractivity contribution < 1.29 is 0 Å². The zero-order valence-corrected chi connectivity index (χ0v) is 29.6. The molecule has 0 saturated carbocycles. The van der Waals surface area contributed by atoms with Crippen LogP contribution in [0.1, 0.15) is 11.1 Å². The lowest BCUT2D eigenvalue weighted by molar-refractivity contribution is 1.15. The summed E-state index contributed by atoms with van der Waals surface area (Å²) in [6, 6.07) is 64.8. The minimum Gasteiger partial charge on any atom is -0.309 e. The second-order valence-corrected chi connectivity index (χ2v) is 14.3. The Morgan fingerprint density at radius 2 is 0.642 bits per heavy atom. The molecular formula is C50H35N3. The number of aromatic nitrogens is 3. The molecule has 0 aliphatic rings. The molecule has 0 aliphatic heterocycles. The van der Waals surface area contributed by atoms with E-state index in [1.54, 1.807) is 0 Å². The first kappa shape index (κ1) is 29.8. The number of fused-ring (bicyclic) bond motifs is 9. The average Bonchev–Trinajstić information content (AvgIpc) is 3.83. The second kappa shape index (κ2) is 11.3. The summed E-state index contributed by atoms with van der Waals surface area (Å²) >= 11 is 0. The molecule has 3 aromatic heterocycles. The van der Waals surface area contributed by atoms with Crippen molar-refractivity contribution in [3.63, 3.8) is 0 Å². The zero-order chi connectivity index (χ0) is 35.2. The van der Waals surface area contributed by atoms with Gasteiger partial charge in [0.05, 0.1) is 44.5 Å². The monoisotopic (exact) mass is 677 g/mol. The van der Waals surface area contributed by atoms with Gasteiger partial charge >= 0.3 is 0 Å². The van der Waals surface area contributed by atoms with Crippen molar-refractivity contribution >= 4 is 65.4 Å². The number of hydrogen-bond donors (Lipinski definition) is 0. The van der Waals surface area contributed by atoms with Crippen molar-refractivity contribution in [1.82, 2.24) is 13.7 Å². The Morgan fingerprint density at radius 3 is 1.15 bits per heavy atom. The van der Waals surface area contributed by atoms with E-state index >= 15 is 0 Å². The van der Waals surface area contributed by atoms with Gasteiger partial charge in [-0.2, -0.15) is 0 Å². The van der Waals surface area contributed by atoms with Crippen molar-refractivity contribution in [1.29, 1.82) is 0 Å². The molecule has 0 bridgehead atoms. The van der Waals surface area contributed by atoms with Gasteiger partial charge in [0.25, 0.3) is 0 Å². The van der Waals surface area contributed by atoms with E-state index in [2.05, 4.69) is 203 Å². The lowest BCUT2D eigenvalue weighted by Crippen LogP contribution is -2.01. The molecule has 8 aromatic carbocycles. The first-order valence-corrected chi connectivity index (χ1v) is 18.4. The van der Waals surface area contributed by atoms with E-state index in [1.807, 2.05) is 0 Å². The minimum atomic E-state index is 1.16. The summed E-state index contributed by atoms with van der Waals surface area (Å²) in [7, 11) is 0. The van der Waals surface area contributed by atoms with E-state index in [9.17, 15) is 0 Å². The Balaban J connectivity index is 1.17. The highest BCUT2D eigenvalue weighted by atomic mass is 15.0. The molecule has 0 radical (unpaired) electrons. The highest BCUT2D eigenvalue weighted by Crippen LogP contribution is 2.42. The lowest BCUT2D eigenvalue weighted by Gasteiger charge is -2.18. The Morgan fingerprint density at radius 1 is 0.283 bits per heavy atom. The number of aryl methyl sites for hydroxylation is 2. The van der Waals surface area contributed by atoms with Crippen LogP contribution in [0.2, 0.25) is 0 Å². The van der Waals surface area contributed by atoms with E-state index < -0.39 is 0 Å². The van der Waals surface area contributed by atoms with Crippen LogP contribution in [-0.2, 0) is 0 Å². The summed E-state index contributed by atoms with van der Waals surface area (Å²) in [5.41, 5.74) is 15.6. The van der Waals surface area contributed by atoms with Gasteiger partial charge in [0.2, 0.25) is 0 Å². The van der Waals surface area contributed by atoms with E-state index in [4.69, 9.17) is 0 Å². The van der Waals surface area contributed by atoms with Gasteiger partial charge in [-0.1, -0.05) is 114 Å². The average molecular weight is 678 g/mol. The number of rotatable bonds is 4. The van der Waals surface area contributed by atoms with Crippen molar-refractivity contribution in [2.75, 3.05) is 0 Å². The number of nitrogens with zero attached hydrogens (tertiary/aromatic N) is 3. The summed E-state index contributed by atoms with van der Waals surface area (Å²) in [5, 5.41) is 7.58. The molecule has 3 heterocycles. The molecule has 0 N–H and O–H groups in total. The maximum absolute atomic E-state index is 2.46. The molecule has 0 spiro atoms. The van der Waals surface area contributed by atoms with Crippen molar-refractivity contribution in [3.05, 3.63) is 187 Å². The predicted octanol–water partition coefficient (Wildman–Crippen LogP) is 13.3. The second-order valence-electron chi connectivity index (χ2n) is 14.3. The minimum absolute atomic E-state index is 1.16. The van der Waals surface area contributed by atoms with Gasteiger partial charge in [-0.3, -0.25) is 0 Å². The first-order chi connectivity index (χ1) is 26.1. The highest BCUT2D eigenvalue weighted by Gasteiger charge is 2.21. The molecule has 0 aliphatic carbocycles. The number of hydrogen-bond acceptors (Lipinski definition) is 0. The lowest BCUT2D eigenvalue weighted by atomic mass is 10.0. The summed E-state index contributed by atoms with van der Waals surface area (Å²) in [4.78, 5) is 0. The van der Waals surface area contributed by atoms with Crippen molar-refractivity contribution in [3.8, 4) is 28.2 Å². The van der Waals surface area contributed by atoms with Gasteiger partial charge in [-0.05, 0) is 86.6 Å². The first-order valence-electron chi connectivity index (χ1n) is 18.4. The summed E-state index contributed by atoms with van der Waals surface area (Å²) in [6.45, 7) is 4.36. The molecule has 0 fully saturated rings. The predicted molar refractivity (Wildman–Crippen MR) is 224 cm³/mol. The van der Waals surface area contributed by atoms with Gasteiger partial charge in [0.1, 0.15) is 0 Å². The third-order valence-electron chi connectivity index (χ3n) is 11.2. The standard InChI is InChI=1S/C50H35N3/c1-32-23-26-48-40(29-32)41-30-33(2)24-27-49(41)53(48)46-21-11-6-16-38(46)37-15-5-10-20-45(37)52-47-22-12-7-17-39(47)42-31-34(25-28-50(42)52)51-43-18-8-3-13-35(43)36-14-4-9-19-44(36)51/h3-31H,1-2H3. The fraction of sp³-hybridized carbons (Fsp3) is 0.0400. The molecule has 250 valence electrons. The molecular weight excluding hydrogens is 643 g/mol. The van der Waals surface area contributed by atoms with Gasteiger partial charge in [0.15, 0.2) is 0 Å². The van der Waals surface area contributed by atoms with E-state index in [0.29, 0.717) is 0 Å². The van der Waals surface area contributed by atoms with Gasteiger partial charge < -0.3 is 13.7 Å². The van der Waals surface area contributed by atoms with Crippen LogP contribution in [0.3, 0.4) is 0 Å². The van der Waals surface area contributed by atoms with Crippen LogP contribution in [0.15, 0.2) is 176 Å². The Labute approximate surface area is 307 Å². The van der Waals surface area contributed by atoms with E-state index in [-0.39, 0.29) is 0 Å². The van der Waals surface area contributed by atoms with Crippen LogP contribution in [0.25, 0.3) is 93.6 Å². The number of para-hydroxylation sites is 5. The highest BCUT2D eigenvalue weighted by molar-refractivity contribution is 6.13. The third kappa shape index (κ3) is 4.34. The molecule has 0 amide bonds. The number of benzene rings is 8.